The third-order valence-electron chi connectivity index (χ3n) is 3.67. The number of amides is 2. The van der Waals surface area contributed by atoms with Gasteiger partial charge in [-0.2, -0.15) is 0 Å². The zero-order valence-electron chi connectivity index (χ0n) is 15.3. The van der Waals surface area contributed by atoms with Crippen LogP contribution in [0.4, 0.5) is 10.6 Å². The van der Waals surface area contributed by atoms with Gasteiger partial charge in [0, 0.05) is 43.0 Å². The first-order valence-corrected chi connectivity index (χ1v) is 9.62. The summed E-state index contributed by atoms with van der Waals surface area (Å²) in [4.78, 5) is 35.2. The fourth-order valence-corrected chi connectivity index (χ4v) is 3.39. The second kappa shape index (κ2) is 8.30. The monoisotopic (exact) mass is 400 g/mol. The van der Waals surface area contributed by atoms with E-state index in [0.29, 0.717) is 25.5 Å². The van der Waals surface area contributed by atoms with Crippen molar-refractivity contribution in [3.05, 3.63) is 11.2 Å². The van der Waals surface area contributed by atoms with E-state index in [4.69, 9.17) is 11.6 Å². The number of hydrogen-bond acceptors (Lipinski definition) is 7. The normalized spacial score (nSPS) is 18.0. The summed E-state index contributed by atoms with van der Waals surface area (Å²) in [6.07, 6.45) is 0. The predicted molar refractivity (Wildman–Crippen MR) is 99.4 cm³/mol. The zero-order valence-corrected chi connectivity index (χ0v) is 16.9. The number of carboxylic acid groups (broad SMARTS) is 1. The fourth-order valence-electron chi connectivity index (χ4n) is 2.60. The van der Waals surface area contributed by atoms with Gasteiger partial charge in [-0.25, -0.2) is 14.8 Å². The van der Waals surface area contributed by atoms with Gasteiger partial charge in [-0.3, -0.25) is 0 Å². The molecule has 2 heterocycles. The van der Waals surface area contributed by atoms with E-state index in [2.05, 4.69) is 15.3 Å². The van der Waals surface area contributed by atoms with E-state index in [0.717, 1.165) is 11.8 Å². The average molecular weight is 401 g/mol. The molecular formula is C16H23ClN5O3S-. The Bertz CT molecular complexity index is 682. The number of carboxylic acids is 1. The minimum Gasteiger partial charge on any atom is -0.549 e. The summed E-state index contributed by atoms with van der Waals surface area (Å²) >= 11 is 7.01. The third-order valence-corrected chi connectivity index (χ3v) is 4.69. The molecule has 0 spiro atoms. The highest BCUT2D eigenvalue weighted by atomic mass is 35.5. The van der Waals surface area contributed by atoms with Crippen molar-refractivity contribution in [2.75, 3.05) is 30.3 Å². The summed E-state index contributed by atoms with van der Waals surface area (Å²) in [6.45, 7) is 9.55. The topological polar surface area (TPSA) is 101 Å². The average Bonchev–Trinajstić information content (AvgIpc) is 2.50. The number of nitrogens with zero attached hydrogens (tertiary/aromatic N) is 4. The molecule has 0 aromatic carbocycles. The number of urea groups is 1. The summed E-state index contributed by atoms with van der Waals surface area (Å²) in [5.74, 6) is -0.808. The van der Waals surface area contributed by atoms with Crippen LogP contribution in [0.2, 0.25) is 5.15 Å². The summed E-state index contributed by atoms with van der Waals surface area (Å²) in [7, 11) is 0. The van der Waals surface area contributed by atoms with Gasteiger partial charge in [-0.1, -0.05) is 23.4 Å². The summed E-state index contributed by atoms with van der Waals surface area (Å²) in [6, 6.07) is 1.54. The highest BCUT2D eigenvalue weighted by Gasteiger charge is 2.30. The Labute approximate surface area is 162 Å². The Morgan fingerprint density at radius 3 is 2.65 bits per heavy atom. The molecule has 0 bridgehead atoms. The molecule has 1 fully saturated rings. The Morgan fingerprint density at radius 1 is 1.38 bits per heavy atom. The van der Waals surface area contributed by atoms with E-state index in [1.165, 1.54) is 0 Å². The number of carbonyl (C=O) groups is 2. The number of halogens is 1. The summed E-state index contributed by atoms with van der Waals surface area (Å²) in [5, 5.41) is 14.1. The maximum Gasteiger partial charge on any atom is 0.318 e. The molecule has 144 valence electrons. The van der Waals surface area contributed by atoms with Crippen molar-refractivity contribution < 1.29 is 14.7 Å². The minimum absolute atomic E-state index is 0.0147. The quantitative estimate of drug-likeness (QED) is 0.456. The van der Waals surface area contributed by atoms with Crippen molar-refractivity contribution in [1.82, 2.24) is 20.2 Å². The standard InChI is InChI=1S/C16H24ClN5O3S/c1-10-8-21(5-6-22(10)15(25)20-16(2,3)4)12-7-11(17)18-14(19-12)26-9-13(23)24/h7,10H,5-6,8-9H2,1-4H3,(H,20,25)(H,23,24)/p-1/t10-/m0/s1. The Kier molecular flexibility index (Phi) is 6.57. The smallest absolute Gasteiger partial charge is 0.318 e. The van der Waals surface area contributed by atoms with Crippen molar-refractivity contribution >= 4 is 41.2 Å². The fraction of sp³-hybridized carbons (Fsp3) is 0.625. The lowest BCUT2D eigenvalue weighted by Crippen LogP contribution is -2.59. The highest BCUT2D eigenvalue weighted by molar-refractivity contribution is 7.99. The minimum atomic E-state index is -1.19. The molecule has 1 N–H and O–H groups in total. The van der Waals surface area contributed by atoms with Crippen LogP contribution in [0.3, 0.4) is 0 Å². The van der Waals surface area contributed by atoms with Crippen LogP contribution < -0.4 is 15.3 Å². The van der Waals surface area contributed by atoms with Crippen molar-refractivity contribution in [1.29, 1.82) is 0 Å². The van der Waals surface area contributed by atoms with Crippen LogP contribution in [0, 0.1) is 0 Å². The molecule has 8 nitrogen and oxygen atoms in total. The third kappa shape index (κ3) is 5.91. The highest BCUT2D eigenvalue weighted by Crippen LogP contribution is 2.24. The molecule has 26 heavy (non-hydrogen) atoms. The van der Waals surface area contributed by atoms with Crippen LogP contribution in [0.15, 0.2) is 11.2 Å². The van der Waals surface area contributed by atoms with Gasteiger partial charge in [0.2, 0.25) is 0 Å². The van der Waals surface area contributed by atoms with Crippen molar-refractivity contribution in [2.45, 2.75) is 44.4 Å². The Morgan fingerprint density at radius 2 is 2.08 bits per heavy atom. The van der Waals surface area contributed by atoms with Gasteiger partial charge in [-0.15, -0.1) is 0 Å². The van der Waals surface area contributed by atoms with E-state index in [1.54, 1.807) is 11.0 Å². The van der Waals surface area contributed by atoms with Gasteiger partial charge >= 0.3 is 6.03 Å². The van der Waals surface area contributed by atoms with Crippen molar-refractivity contribution in [3.63, 3.8) is 0 Å². The summed E-state index contributed by atoms with van der Waals surface area (Å²) < 4.78 is 0. The van der Waals surface area contributed by atoms with Crippen molar-refractivity contribution in [2.24, 2.45) is 0 Å². The number of aromatic nitrogens is 2. The van der Waals surface area contributed by atoms with E-state index in [1.807, 2.05) is 32.6 Å². The molecular weight excluding hydrogens is 378 g/mol. The van der Waals surface area contributed by atoms with Crippen LogP contribution in [0.1, 0.15) is 27.7 Å². The number of hydrogen-bond donors (Lipinski definition) is 1. The number of nitrogens with one attached hydrogen (secondary N) is 1. The van der Waals surface area contributed by atoms with Gasteiger partial charge in [0.25, 0.3) is 0 Å². The molecule has 0 radical (unpaired) electrons. The van der Waals surface area contributed by atoms with Crippen LogP contribution in [0.25, 0.3) is 0 Å². The molecule has 0 unspecified atom stereocenters. The number of rotatable bonds is 4. The van der Waals surface area contributed by atoms with Crippen molar-refractivity contribution in [3.8, 4) is 0 Å². The SMILES string of the molecule is C[C@H]1CN(c2cc(Cl)nc(SCC(=O)[O-])n2)CCN1C(=O)NC(C)(C)C. The Hall–Kier alpha value is -1.74. The Balaban J connectivity index is 2.06. The van der Waals surface area contributed by atoms with Crippen LogP contribution in [-0.4, -0.2) is 63.8 Å². The molecule has 1 aliphatic heterocycles. The number of thioether (sulfide) groups is 1. The van der Waals surface area contributed by atoms with Crippen LogP contribution in [0.5, 0.6) is 0 Å². The van der Waals surface area contributed by atoms with E-state index >= 15 is 0 Å². The lowest BCUT2D eigenvalue weighted by Gasteiger charge is -2.41. The first kappa shape index (κ1) is 20.6. The molecule has 10 heteroatoms. The van der Waals surface area contributed by atoms with Crippen LogP contribution >= 0.6 is 23.4 Å². The van der Waals surface area contributed by atoms with E-state index in [9.17, 15) is 14.7 Å². The van der Waals surface area contributed by atoms with E-state index in [-0.39, 0.29) is 33.7 Å². The number of aliphatic carboxylic acids is 1. The molecule has 1 saturated heterocycles. The molecule has 1 aliphatic rings. The number of anilines is 1. The molecule has 1 aromatic heterocycles. The van der Waals surface area contributed by atoms with Gasteiger partial charge in [0.1, 0.15) is 11.0 Å². The predicted octanol–water partition coefficient (Wildman–Crippen LogP) is 0.991. The molecule has 0 aliphatic carbocycles. The summed E-state index contributed by atoms with van der Waals surface area (Å²) in [5.41, 5.74) is -0.292. The maximum absolute atomic E-state index is 12.4. The second-order valence-electron chi connectivity index (χ2n) is 7.16. The number of carbonyl (C=O) groups excluding carboxylic acids is 2. The number of piperazine rings is 1. The molecule has 2 rings (SSSR count). The molecule has 1 atom stereocenters. The largest absolute Gasteiger partial charge is 0.549 e. The van der Waals surface area contributed by atoms with E-state index < -0.39 is 5.97 Å². The first-order chi connectivity index (χ1) is 12.0. The lowest BCUT2D eigenvalue weighted by atomic mass is 10.1. The molecule has 0 saturated carbocycles. The second-order valence-corrected chi connectivity index (χ2v) is 8.49. The molecule has 1 aromatic rings. The van der Waals surface area contributed by atoms with Gasteiger partial charge in [0.15, 0.2) is 5.16 Å². The lowest BCUT2D eigenvalue weighted by molar-refractivity contribution is -0.301. The van der Waals surface area contributed by atoms with Gasteiger partial charge in [-0.05, 0) is 27.7 Å². The first-order valence-electron chi connectivity index (χ1n) is 8.26. The van der Waals surface area contributed by atoms with Gasteiger partial charge < -0.3 is 25.0 Å². The van der Waals surface area contributed by atoms with Crippen LogP contribution in [-0.2, 0) is 4.79 Å². The molecule has 2 amide bonds. The maximum atomic E-state index is 12.4. The van der Waals surface area contributed by atoms with Gasteiger partial charge in [0.05, 0.1) is 5.97 Å². The zero-order chi connectivity index (χ0) is 19.5.